The Morgan fingerprint density at radius 1 is 1.29 bits per heavy atom. The van der Waals surface area contributed by atoms with Gasteiger partial charge in [-0.05, 0) is 25.2 Å². The highest BCUT2D eigenvalue weighted by atomic mass is 35.5. The number of ether oxygens (including phenoxy) is 1. The maximum absolute atomic E-state index is 6.46. The van der Waals surface area contributed by atoms with Gasteiger partial charge >= 0.3 is 0 Å². The Labute approximate surface area is 133 Å². The van der Waals surface area contributed by atoms with E-state index in [2.05, 4.69) is 17.6 Å². The molecule has 2 bridgehead atoms. The first-order chi connectivity index (χ1) is 9.99. The summed E-state index contributed by atoms with van der Waals surface area (Å²) >= 11 is 11.8. The molecule has 0 aliphatic carbocycles. The first kappa shape index (κ1) is 13.2. The minimum absolute atomic E-state index is 0.106. The van der Waals surface area contributed by atoms with Crippen molar-refractivity contribution in [3.05, 3.63) is 40.9 Å². The van der Waals surface area contributed by atoms with Gasteiger partial charge in [-0.2, -0.15) is 0 Å². The predicted octanol–water partition coefficient (Wildman–Crippen LogP) is 3.76. The SMILES string of the molecule is CC1C2NC(=S)NC1(C)Oc1c2cc(Cl)c2ccccc12. The molecule has 2 aromatic rings. The van der Waals surface area contributed by atoms with Crippen LogP contribution in [0.15, 0.2) is 30.3 Å². The third kappa shape index (κ3) is 1.75. The zero-order chi connectivity index (χ0) is 14.8. The van der Waals surface area contributed by atoms with Crippen molar-refractivity contribution >= 4 is 39.7 Å². The monoisotopic (exact) mass is 318 g/mol. The lowest BCUT2D eigenvalue weighted by molar-refractivity contribution is -0.0248. The molecule has 0 aromatic heterocycles. The number of rotatable bonds is 0. The van der Waals surface area contributed by atoms with Gasteiger partial charge in [0.1, 0.15) is 5.75 Å². The summed E-state index contributed by atoms with van der Waals surface area (Å²) in [7, 11) is 0. The molecule has 2 aliphatic heterocycles. The number of hydrogen-bond donors (Lipinski definition) is 2. The number of nitrogens with one attached hydrogen (secondary N) is 2. The molecular weight excluding hydrogens is 304 g/mol. The fourth-order valence-electron chi connectivity index (χ4n) is 3.31. The summed E-state index contributed by atoms with van der Waals surface area (Å²) in [5.74, 6) is 1.12. The lowest BCUT2D eigenvalue weighted by atomic mass is 9.81. The van der Waals surface area contributed by atoms with E-state index in [0.717, 1.165) is 27.1 Å². The fourth-order valence-corrected chi connectivity index (χ4v) is 3.92. The van der Waals surface area contributed by atoms with Gasteiger partial charge in [-0.3, -0.25) is 0 Å². The molecule has 3 unspecified atom stereocenters. The summed E-state index contributed by atoms with van der Waals surface area (Å²) in [6.07, 6.45) is 0. The minimum atomic E-state index is -0.503. The van der Waals surface area contributed by atoms with Crippen LogP contribution in [0.1, 0.15) is 25.5 Å². The number of hydrogen-bond acceptors (Lipinski definition) is 2. The summed E-state index contributed by atoms with van der Waals surface area (Å²) in [5.41, 5.74) is 0.573. The second kappa shape index (κ2) is 4.24. The van der Waals surface area contributed by atoms with Gasteiger partial charge in [0.2, 0.25) is 0 Å². The van der Waals surface area contributed by atoms with Gasteiger partial charge in [0, 0.05) is 27.3 Å². The molecule has 5 heteroatoms. The smallest absolute Gasteiger partial charge is 0.184 e. The van der Waals surface area contributed by atoms with Crippen molar-refractivity contribution < 1.29 is 4.74 Å². The maximum Gasteiger partial charge on any atom is 0.184 e. The molecule has 108 valence electrons. The zero-order valence-electron chi connectivity index (χ0n) is 11.7. The molecule has 0 radical (unpaired) electrons. The van der Waals surface area contributed by atoms with Gasteiger partial charge < -0.3 is 15.4 Å². The molecule has 1 saturated heterocycles. The van der Waals surface area contributed by atoms with E-state index in [9.17, 15) is 0 Å². The molecular formula is C16H15ClN2OS. The van der Waals surface area contributed by atoms with Crippen molar-refractivity contribution in [1.29, 1.82) is 0 Å². The van der Waals surface area contributed by atoms with Crippen LogP contribution in [0.3, 0.4) is 0 Å². The van der Waals surface area contributed by atoms with Gasteiger partial charge in [-0.1, -0.05) is 42.8 Å². The first-order valence-corrected chi connectivity index (χ1v) is 7.77. The third-order valence-corrected chi connectivity index (χ3v) is 5.17. The molecule has 1 fully saturated rings. The quantitative estimate of drug-likeness (QED) is 0.725. The van der Waals surface area contributed by atoms with Crippen LogP contribution >= 0.6 is 23.8 Å². The molecule has 0 spiro atoms. The van der Waals surface area contributed by atoms with E-state index >= 15 is 0 Å². The molecule has 2 aliphatic rings. The summed E-state index contributed by atoms with van der Waals surface area (Å²) in [6, 6.07) is 10.2. The molecule has 21 heavy (non-hydrogen) atoms. The van der Waals surface area contributed by atoms with Crippen LogP contribution in [-0.4, -0.2) is 10.8 Å². The number of benzene rings is 2. The van der Waals surface area contributed by atoms with Crippen molar-refractivity contribution in [3.63, 3.8) is 0 Å². The molecule has 2 heterocycles. The average Bonchev–Trinajstić information content (AvgIpc) is 2.44. The first-order valence-electron chi connectivity index (χ1n) is 6.98. The van der Waals surface area contributed by atoms with Crippen molar-refractivity contribution in [3.8, 4) is 5.75 Å². The number of fused-ring (bicyclic) bond motifs is 6. The third-order valence-electron chi connectivity index (χ3n) is 4.64. The van der Waals surface area contributed by atoms with E-state index in [1.165, 1.54) is 0 Å². The maximum atomic E-state index is 6.46. The van der Waals surface area contributed by atoms with E-state index in [0.29, 0.717) is 5.11 Å². The normalized spacial score (nSPS) is 30.1. The topological polar surface area (TPSA) is 33.3 Å². The number of halogens is 1. The Morgan fingerprint density at radius 2 is 2.00 bits per heavy atom. The van der Waals surface area contributed by atoms with Gasteiger partial charge in [0.15, 0.2) is 10.8 Å². The molecule has 0 amide bonds. The average molecular weight is 319 g/mol. The molecule has 0 saturated carbocycles. The lowest BCUT2D eigenvalue weighted by Crippen LogP contribution is -2.67. The summed E-state index contributed by atoms with van der Waals surface area (Å²) in [6.45, 7) is 4.20. The standard InChI is InChI=1S/C16H15ClN2OS/c1-8-13-11-7-12(17)9-5-3-4-6-10(9)14(11)20-16(8,2)19-15(21)18-13/h3-8,13H,1-2H3,(H2,18,19,21). The van der Waals surface area contributed by atoms with E-state index in [1.54, 1.807) is 0 Å². The van der Waals surface area contributed by atoms with Crippen LogP contribution < -0.4 is 15.4 Å². The number of thiocarbonyl (C=S) groups is 1. The second-order valence-corrected chi connectivity index (χ2v) is 6.71. The highest BCUT2D eigenvalue weighted by molar-refractivity contribution is 7.80. The van der Waals surface area contributed by atoms with Gasteiger partial charge in [0.05, 0.1) is 6.04 Å². The molecule has 3 atom stereocenters. The highest BCUT2D eigenvalue weighted by Crippen LogP contribution is 2.48. The van der Waals surface area contributed by atoms with Crippen molar-refractivity contribution in [1.82, 2.24) is 10.6 Å². The van der Waals surface area contributed by atoms with Crippen LogP contribution in [0.25, 0.3) is 10.8 Å². The van der Waals surface area contributed by atoms with Crippen LogP contribution in [0, 0.1) is 5.92 Å². The van der Waals surface area contributed by atoms with Crippen molar-refractivity contribution in [2.75, 3.05) is 0 Å². The Bertz CT molecular complexity index is 778. The summed E-state index contributed by atoms with van der Waals surface area (Å²) in [5, 5.41) is 10.0. The van der Waals surface area contributed by atoms with E-state index in [4.69, 9.17) is 28.6 Å². The Hall–Kier alpha value is -1.52. The molecule has 2 N–H and O–H groups in total. The van der Waals surface area contributed by atoms with E-state index < -0.39 is 5.72 Å². The molecule has 3 nitrogen and oxygen atoms in total. The van der Waals surface area contributed by atoms with Gasteiger partial charge in [0.25, 0.3) is 0 Å². The van der Waals surface area contributed by atoms with Crippen molar-refractivity contribution in [2.45, 2.75) is 25.6 Å². The van der Waals surface area contributed by atoms with Crippen LogP contribution in [0.5, 0.6) is 5.75 Å². The van der Waals surface area contributed by atoms with Crippen LogP contribution in [0.4, 0.5) is 0 Å². The van der Waals surface area contributed by atoms with E-state index in [-0.39, 0.29) is 12.0 Å². The molecule has 2 aromatic carbocycles. The predicted molar refractivity (Wildman–Crippen MR) is 88.8 cm³/mol. The zero-order valence-corrected chi connectivity index (χ0v) is 13.3. The van der Waals surface area contributed by atoms with E-state index in [1.807, 2.05) is 37.3 Å². The molecule has 4 rings (SSSR count). The fraction of sp³-hybridized carbons (Fsp3) is 0.312. The minimum Gasteiger partial charge on any atom is -0.467 e. The van der Waals surface area contributed by atoms with Gasteiger partial charge in [-0.15, -0.1) is 0 Å². The largest absolute Gasteiger partial charge is 0.467 e. The second-order valence-electron chi connectivity index (χ2n) is 5.90. The van der Waals surface area contributed by atoms with Crippen molar-refractivity contribution in [2.24, 2.45) is 5.92 Å². The Morgan fingerprint density at radius 3 is 2.76 bits per heavy atom. The highest BCUT2D eigenvalue weighted by Gasteiger charge is 2.49. The Balaban J connectivity index is 2.03. The van der Waals surface area contributed by atoms with Crippen LogP contribution in [-0.2, 0) is 0 Å². The van der Waals surface area contributed by atoms with Crippen LogP contribution in [0.2, 0.25) is 5.02 Å². The summed E-state index contributed by atoms with van der Waals surface area (Å²) < 4.78 is 6.34. The lowest BCUT2D eigenvalue weighted by Gasteiger charge is -2.50. The van der Waals surface area contributed by atoms with Gasteiger partial charge in [-0.25, -0.2) is 0 Å². The summed E-state index contributed by atoms with van der Waals surface area (Å²) in [4.78, 5) is 0. The Kier molecular flexibility index (Phi) is 2.66.